The van der Waals surface area contributed by atoms with Gasteiger partial charge < -0.3 is 0 Å². The van der Waals surface area contributed by atoms with Crippen LogP contribution in [0.2, 0.25) is 0 Å². The second kappa shape index (κ2) is 5.90. The number of thiazole rings is 1. The summed E-state index contributed by atoms with van der Waals surface area (Å²) >= 11 is 1.34. The van der Waals surface area contributed by atoms with Crippen LogP contribution in [0.15, 0.2) is 52.6 Å². The number of nitrogens with zero attached hydrogens (tertiary/aromatic N) is 3. The predicted molar refractivity (Wildman–Crippen MR) is 85.0 cm³/mol. The highest BCUT2D eigenvalue weighted by Gasteiger charge is 2.12. The van der Waals surface area contributed by atoms with Crippen molar-refractivity contribution in [2.75, 3.05) is 5.32 Å². The zero-order chi connectivity index (χ0) is 15.5. The Morgan fingerprint density at radius 2 is 1.95 bits per heavy atom. The van der Waals surface area contributed by atoms with Gasteiger partial charge in [-0.15, -0.1) is 11.3 Å². The quantitative estimate of drug-likeness (QED) is 0.804. The molecule has 6 nitrogen and oxygen atoms in total. The highest BCUT2D eigenvalue weighted by molar-refractivity contribution is 7.14. The fourth-order valence-electron chi connectivity index (χ4n) is 1.86. The standard InChI is InChI=1S/C15H12N4O2S/c1-19-13(20)8-7-11(18-19)14(21)17-15-16-12(9-22-15)10-5-3-2-4-6-10/h2-9H,1H3,(H,16,17,21). The van der Waals surface area contributed by atoms with E-state index in [0.717, 1.165) is 15.9 Å². The molecule has 0 bridgehead atoms. The summed E-state index contributed by atoms with van der Waals surface area (Å²) in [7, 11) is 1.50. The van der Waals surface area contributed by atoms with E-state index in [1.165, 1.54) is 30.5 Å². The zero-order valence-electron chi connectivity index (χ0n) is 11.7. The fourth-order valence-corrected chi connectivity index (χ4v) is 2.57. The van der Waals surface area contributed by atoms with Crippen LogP contribution in [0.1, 0.15) is 10.5 Å². The molecule has 22 heavy (non-hydrogen) atoms. The summed E-state index contributed by atoms with van der Waals surface area (Å²) in [4.78, 5) is 27.7. The number of carbonyl (C=O) groups excluding carboxylic acids is 1. The van der Waals surface area contributed by atoms with Gasteiger partial charge in [0, 0.05) is 24.1 Å². The minimum Gasteiger partial charge on any atom is -0.296 e. The van der Waals surface area contributed by atoms with E-state index in [-0.39, 0.29) is 11.3 Å². The Balaban J connectivity index is 1.79. The Morgan fingerprint density at radius 1 is 1.18 bits per heavy atom. The normalized spacial score (nSPS) is 10.4. The molecule has 0 radical (unpaired) electrons. The lowest BCUT2D eigenvalue weighted by Crippen LogP contribution is -2.23. The molecule has 1 N–H and O–H groups in total. The Bertz CT molecular complexity index is 871. The zero-order valence-corrected chi connectivity index (χ0v) is 12.5. The van der Waals surface area contributed by atoms with Crippen LogP contribution in [-0.4, -0.2) is 20.7 Å². The first kappa shape index (κ1) is 14.2. The number of anilines is 1. The largest absolute Gasteiger partial charge is 0.296 e. The van der Waals surface area contributed by atoms with E-state index in [4.69, 9.17) is 0 Å². The highest BCUT2D eigenvalue weighted by atomic mass is 32.1. The number of hydrogen-bond donors (Lipinski definition) is 1. The Hall–Kier alpha value is -2.80. The monoisotopic (exact) mass is 312 g/mol. The molecule has 0 aliphatic heterocycles. The second-order valence-corrected chi connectivity index (χ2v) is 5.40. The van der Waals surface area contributed by atoms with Crippen molar-refractivity contribution < 1.29 is 4.79 Å². The second-order valence-electron chi connectivity index (χ2n) is 4.54. The van der Waals surface area contributed by atoms with Crippen molar-refractivity contribution in [3.05, 3.63) is 63.9 Å². The maximum Gasteiger partial charge on any atom is 0.277 e. The minimum absolute atomic E-state index is 0.165. The predicted octanol–water partition coefficient (Wildman–Crippen LogP) is 2.16. The van der Waals surface area contributed by atoms with Crippen molar-refractivity contribution in [2.24, 2.45) is 7.05 Å². The number of aromatic nitrogens is 3. The summed E-state index contributed by atoms with van der Waals surface area (Å²) in [6.07, 6.45) is 0. The third-order valence-electron chi connectivity index (χ3n) is 2.99. The van der Waals surface area contributed by atoms with Gasteiger partial charge in [0.05, 0.1) is 5.69 Å². The molecule has 110 valence electrons. The number of aryl methyl sites for hydroxylation is 1. The first-order valence-corrected chi connectivity index (χ1v) is 7.38. The molecule has 2 heterocycles. The third-order valence-corrected chi connectivity index (χ3v) is 3.75. The molecule has 3 rings (SSSR count). The molecule has 1 aromatic carbocycles. The molecule has 7 heteroatoms. The third kappa shape index (κ3) is 2.94. The van der Waals surface area contributed by atoms with E-state index in [0.29, 0.717) is 5.13 Å². The summed E-state index contributed by atoms with van der Waals surface area (Å²) in [6, 6.07) is 12.4. The first-order valence-electron chi connectivity index (χ1n) is 6.50. The van der Waals surface area contributed by atoms with Crippen molar-refractivity contribution in [3.63, 3.8) is 0 Å². The van der Waals surface area contributed by atoms with E-state index in [9.17, 15) is 9.59 Å². The van der Waals surface area contributed by atoms with Gasteiger partial charge in [-0.05, 0) is 6.07 Å². The topological polar surface area (TPSA) is 76.9 Å². The van der Waals surface area contributed by atoms with Crippen LogP contribution in [0.4, 0.5) is 5.13 Å². The van der Waals surface area contributed by atoms with Crippen molar-refractivity contribution in [1.29, 1.82) is 0 Å². The highest BCUT2D eigenvalue weighted by Crippen LogP contribution is 2.24. The van der Waals surface area contributed by atoms with Crippen LogP contribution >= 0.6 is 11.3 Å². The Morgan fingerprint density at radius 3 is 2.68 bits per heavy atom. The molecule has 0 aliphatic rings. The van der Waals surface area contributed by atoms with Gasteiger partial charge >= 0.3 is 0 Å². The van der Waals surface area contributed by atoms with Crippen LogP contribution in [0.3, 0.4) is 0 Å². The number of carbonyl (C=O) groups is 1. The number of hydrogen-bond acceptors (Lipinski definition) is 5. The van der Waals surface area contributed by atoms with Gasteiger partial charge in [0.2, 0.25) is 0 Å². The first-order chi connectivity index (χ1) is 10.6. The molecule has 0 aliphatic carbocycles. The smallest absolute Gasteiger partial charge is 0.277 e. The van der Waals surface area contributed by atoms with Crippen LogP contribution < -0.4 is 10.9 Å². The molecule has 0 unspecified atom stereocenters. The molecule has 3 aromatic rings. The van der Waals surface area contributed by atoms with E-state index in [2.05, 4.69) is 15.4 Å². The van der Waals surface area contributed by atoms with Crippen LogP contribution in [0.25, 0.3) is 11.3 Å². The minimum atomic E-state index is -0.399. The van der Waals surface area contributed by atoms with Crippen LogP contribution in [-0.2, 0) is 7.05 Å². The van der Waals surface area contributed by atoms with E-state index in [1.807, 2.05) is 35.7 Å². The van der Waals surface area contributed by atoms with E-state index >= 15 is 0 Å². The lowest BCUT2D eigenvalue weighted by atomic mass is 10.2. The fraction of sp³-hybridized carbons (Fsp3) is 0.0667. The summed E-state index contributed by atoms with van der Waals surface area (Å²) in [5.74, 6) is -0.399. The molecule has 0 saturated carbocycles. The lowest BCUT2D eigenvalue weighted by molar-refractivity contribution is 0.102. The maximum absolute atomic E-state index is 12.1. The van der Waals surface area contributed by atoms with Gasteiger partial charge in [-0.3, -0.25) is 14.9 Å². The van der Waals surface area contributed by atoms with Gasteiger partial charge in [-0.1, -0.05) is 30.3 Å². The van der Waals surface area contributed by atoms with Gasteiger partial charge in [-0.2, -0.15) is 5.10 Å². The molecule has 0 spiro atoms. The molecule has 0 fully saturated rings. The number of nitrogens with one attached hydrogen (secondary N) is 1. The number of amides is 1. The van der Waals surface area contributed by atoms with Crippen molar-refractivity contribution in [2.45, 2.75) is 0 Å². The molecular weight excluding hydrogens is 300 g/mol. The number of rotatable bonds is 3. The van der Waals surface area contributed by atoms with E-state index < -0.39 is 5.91 Å². The van der Waals surface area contributed by atoms with Crippen LogP contribution in [0.5, 0.6) is 0 Å². The molecule has 2 aromatic heterocycles. The van der Waals surface area contributed by atoms with Crippen molar-refractivity contribution in [3.8, 4) is 11.3 Å². The molecule has 0 saturated heterocycles. The maximum atomic E-state index is 12.1. The average molecular weight is 312 g/mol. The van der Waals surface area contributed by atoms with Gasteiger partial charge in [0.1, 0.15) is 5.69 Å². The SMILES string of the molecule is Cn1nc(C(=O)Nc2nc(-c3ccccc3)cs2)ccc1=O. The van der Waals surface area contributed by atoms with Crippen molar-refractivity contribution >= 4 is 22.4 Å². The van der Waals surface area contributed by atoms with Gasteiger partial charge in [-0.25, -0.2) is 9.67 Å². The molecular formula is C15H12N4O2S. The number of benzene rings is 1. The summed E-state index contributed by atoms with van der Waals surface area (Å²) in [5, 5.41) is 8.95. The summed E-state index contributed by atoms with van der Waals surface area (Å²) in [6.45, 7) is 0. The van der Waals surface area contributed by atoms with Gasteiger partial charge in [0.15, 0.2) is 5.13 Å². The molecule has 0 atom stereocenters. The molecule has 1 amide bonds. The van der Waals surface area contributed by atoms with E-state index in [1.54, 1.807) is 0 Å². The summed E-state index contributed by atoms with van der Waals surface area (Å²) < 4.78 is 1.12. The lowest BCUT2D eigenvalue weighted by Gasteiger charge is -2.02. The average Bonchev–Trinajstić information content (AvgIpc) is 2.99. The van der Waals surface area contributed by atoms with Gasteiger partial charge in [0.25, 0.3) is 11.5 Å². The van der Waals surface area contributed by atoms with Crippen LogP contribution in [0, 0.1) is 0 Å². The summed E-state index contributed by atoms with van der Waals surface area (Å²) in [5.41, 5.74) is 1.68. The Labute approximate surface area is 130 Å². The Kier molecular flexibility index (Phi) is 3.80. The van der Waals surface area contributed by atoms with Crippen molar-refractivity contribution in [1.82, 2.24) is 14.8 Å².